The summed E-state index contributed by atoms with van der Waals surface area (Å²) in [6, 6.07) is -1.07. The molecule has 0 aromatic carbocycles. The van der Waals surface area contributed by atoms with Crippen molar-refractivity contribution >= 4 is 53.1 Å². The highest BCUT2D eigenvalue weighted by Crippen LogP contribution is 2.46. The molecule has 34 heavy (non-hydrogen) atoms. The second kappa shape index (κ2) is 11.7. The first-order valence-corrected chi connectivity index (χ1v) is 10.8. The molecular weight excluding hydrogens is 515 g/mol. The lowest BCUT2D eigenvalue weighted by Gasteiger charge is -2.55. The van der Waals surface area contributed by atoms with Gasteiger partial charge in [0.15, 0.2) is 0 Å². The molecule has 1 fully saturated rings. The first-order valence-electron chi connectivity index (χ1n) is 9.25. The monoisotopic (exact) mass is 535 g/mol. The van der Waals surface area contributed by atoms with E-state index in [-0.39, 0.29) is 36.6 Å². The topological polar surface area (TPSA) is 197 Å². The van der Waals surface area contributed by atoms with Crippen molar-refractivity contribution in [2.24, 2.45) is 5.73 Å². The van der Waals surface area contributed by atoms with Crippen molar-refractivity contribution in [1.82, 2.24) is 10.2 Å². The summed E-state index contributed by atoms with van der Waals surface area (Å²) in [5.74, 6) is -6.15. The first kappa shape index (κ1) is 29.5. The molecule has 0 bridgehead atoms. The number of nitrogens with one attached hydrogen (secondary N) is 1. The van der Waals surface area contributed by atoms with E-state index >= 15 is 0 Å². The summed E-state index contributed by atoms with van der Waals surface area (Å²) < 4.78 is 37.0. The number of aliphatic carboxylic acids is 3. The van der Waals surface area contributed by atoms with Gasteiger partial charge < -0.3 is 31.1 Å². The van der Waals surface area contributed by atoms with Crippen molar-refractivity contribution in [2.75, 3.05) is 18.7 Å². The van der Waals surface area contributed by atoms with Gasteiger partial charge in [-0.25, -0.2) is 9.59 Å². The number of hydrogen-bond donors (Lipinski definition) is 5. The number of ether oxygens (including phenoxy) is 1. The molecule has 1 saturated heterocycles. The van der Waals surface area contributed by atoms with Crippen LogP contribution in [0.5, 0.6) is 0 Å². The molecule has 0 spiro atoms. The predicted molar refractivity (Wildman–Crippen MR) is 110 cm³/mol. The second-order valence-electron chi connectivity index (χ2n) is 6.86. The van der Waals surface area contributed by atoms with E-state index in [1.807, 2.05) is 0 Å². The van der Waals surface area contributed by atoms with Crippen molar-refractivity contribution in [3.05, 3.63) is 11.3 Å². The second-order valence-corrected chi connectivity index (χ2v) is 8.19. The average molecular weight is 536 g/mol. The van der Waals surface area contributed by atoms with Crippen LogP contribution in [0.3, 0.4) is 0 Å². The van der Waals surface area contributed by atoms with Gasteiger partial charge in [-0.15, -0.1) is 23.4 Å². The molecule has 0 aliphatic carbocycles. The van der Waals surface area contributed by atoms with Crippen LogP contribution in [0.4, 0.5) is 13.2 Å². The number of hydrogen-bond acceptors (Lipinski definition) is 8. The summed E-state index contributed by atoms with van der Waals surface area (Å²) in [4.78, 5) is 57.1. The summed E-state index contributed by atoms with van der Waals surface area (Å²) in [5, 5.41) is 27.0. The highest BCUT2D eigenvalue weighted by molar-refractivity contribution is 8.00. The Morgan fingerprint density at radius 3 is 2.29 bits per heavy atom. The Kier molecular flexibility index (Phi) is 10.2. The largest absolute Gasteiger partial charge is 0.490 e. The number of amides is 2. The quantitative estimate of drug-likeness (QED) is 0.153. The Morgan fingerprint density at radius 2 is 1.88 bits per heavy atom. The Morgan fingerprint density at radius 1 is 1.32 bits per heavy atom. The van der Waals surface area contributed by atoms with Crippen LogP contribution in [0.2, 0.25) is 0 Å². The highest BCUT2D eigenvalue weighted by Gasteiger charge is 2.66. The first-order chi connectivity index (χ1) is 15.6. The van der Waals surface area contributed by atoms with Gasteiger partial charge in [-0.05, 0) is 18.4 Å². The van der Waals surface area contributed by atoms with Crippen molar-refractivity contribution in [3.63, 3.8) is 0 Å². The Hall–Kier alpha value is -2.56. The zero-order chi connectivity index (χ0) is 26.4. The lowest BCUT2D eigenvalue weighted by atomic mass is 9.98. The van der Waals surface area contributed by atoms with Crippen LogP contribution in [0.1, 0.15) is 19.3 Å². The van der Waals surface area contributed by atoms with E-state index in [1.54, 1.807) is 0 Å². The maximum atomic E-state index is 12.7. The van der Waals surface area contributed by atoms with E-state index in [0.717, 1.165) is 4.90 Å². The molecule has 3 atom stereocenters. The molecule has 2 amide bonds. The maximum Gasteiger partial charge on any atom is 0.490 e. The van der Waals surface area contributed by atoms with Crippen LogP contribution in [0, 0.1) is 0 Å². The average Bonchev–Trinajstić information content (AvgIpc) is 2.75. The minimum Gasteiger partial charge on any atom is -0.480 e. The molecule has 2 heterocycles. The van der Waals surface area contributed by atoms with Gasteiger partial charge in [-0.2, -0.15) is 13.2 Å². The fourth-order valence-corrected chi connectivity index (χ4v) is 4.69. The summed E-state index contributed by atoms with van der Waals surface area (Å²) in [6.45, 7) is 0. The summed E-state index contributed by atoms with van der Waals surface area (Å²) in [6.07, 6.45) is -4.82. The van der Waals surface area contributed by atoms with Crippen molar-refractivity contribution in [3.8, 4) is 0 Å². The smallest absolute Gasteiger partial charge is 0.480 e. The minimum absolute atomic E-state index is 0.0265. The fraction of sp³-hybridized carbons (Fsp3) is 0.588. The standard InChI is InChI=1S/C15H20ClN3O7S.C2HF3O2/c1-26-15(18-9(20)4-2-3-8(17)11(21)22)13(25)19-10(12(23)24)7(5-16)6-27-14(15)19;3-2(4,5)1(6)7/h8,14H,2-6,17H2,1H3,(H,18,20)(H,21,22)(H,23,24);(H,6,7)/t8?,14-,15-;/m0./s1. The van der Waals surface area contributed by atoms with E-state index in [9.17, 15) is 37.5 Å². The van der Waals surface area contributed by atoms with Crippen LogP contribution < -0.4 is 11.1 Å². The third-order valence-electron chi connectivity index (χ3n) is 4.60. The summed E-state index contributed by atoms with van der Waals surface area (Å²) in [7, 11) is 1.25. The van der Waals surface area contributed by atoms with Crippen molar-refractivity contribution < 1.29 is 57.2 Å². The molecule has 0 aromatic heterocycles. The number of methoxy groups -OCH3 is 1. The van der Waals surface area contributed by atoms with E-state index in [0.29, 0.717) is 5.57 Å². The van der Waals surface area contributed by atoms with E-state index in [4.69, 9.17) is 37.1 Å². The third kappa shape index (κ3) is 6.52. The summed E-state index contributed by atoms with van der Waals surface area (Å²) in [5.41, 5.74) is 3.94. The van der Waals surface area contributed by atoms with Crippen molar-refractivity contribution in [1.29, 1.82) is 0 Å². The van der Waals surface area contributed by atoms with Gasteiger partial charge in [-0.1, -0.05) is 0 Å². The molecule has 192 valence electrons. The lowest BCUT2D eigenvalue weighted by Crippen LogP contribution is -2.80. The molecule has 6 N–H and O–H groups in total. The van der Waals surface area contributed by atoms with Gasteiger partial charge in [0.25, 0.3) is 11.6 Å². The fourth-order valence-electron chi connectivity index (χ4n) is 2.92. The Balaban J connectivity index is 0.000000718. The highest BCUT2D eigenvalue weighted by atomic mass is 35.5. The van der Waals surface area contributed by atoms with Gasteiger partial charge in [0, 0.05) is 25.2 Å². The SMILES string of the molecule is CO[C@@]1(NC(=O)CCCC(N)C(=O)O)C(=O)N2C(C(=O)O)=C(CCl)CS[C@H]21.O=C(O)C(F)(F)F. The number of alkyl halides is 4. The minimum atomic E-state index is -5.08. The van der Waals surface area contributed by atoms with Gasteiger partial charge in [0.1, 0.15) is 17.1 Å². The number of carbonyl (C=O) groups excluding carboxylic acids is 2. The molecule has 0 radical (unpaired) electrons. The molecular formula is C17H21ClF3N3O9S. The van der Waals surface area contributed by atoms with Crippen LogP contribution in [0.25, 0.3) is 0 Å². The van der Waals surface area contributed by atoms with Gasteiger partial charge >= 0.3 is 24.1 Å². The summed E-state index contributed by atoms with van der Waals surface area (Å²) >= 11 is 7.01. The van der Waals surface area contributed by atoms with E-state index in [1.165, 1.54) is 18.9 Å². The van der Waals surface area contributed by atoms with Crippen LogP contribution in [0.15, 0.2) is 11.3 Å². The number of thioether (sulfide) groups is 1. The zero-order valence-electron chi connectivity index (χ0n) is 17.4. The van der Waals surface area contributed by atoms with Crippen LogP contribution in [-0.4, -0.2) is 92.0 Å². The number of nitrogens with zero attached hydrogens (tertiary/aromatic N) is 1. The molecule has 2 aliphatic rings. The van der Waals surface area contributed by atoms with Crippen LogP contribution >= 0.6 is 23.4 Å². The normalized spacial score (nSPS) is 22.6. The number of halogens is 4. The molecule has 1 unspecified atom stereocenters. The zero-order valence-corrected chi connectivity index (χ0v) is 19.0. The van der Waals surface area contributed by atoms with Gasteiger partial charge in [0.05, 0.1) is 0 Å². The van der Waals surface area contributed by atoms with Crippen LogP contribution in [-0.2, 0) is 28.7 Å². The Labute approximate surface area is 199 Å². The van der Waals surface area contributed by atoms with E-state index < -0.39 is 53.0 Å². The molecule has 12 nitrogen and oxygen atoms in total. The number of fused-ring (bicyclic) bond motifs is 1. The number of carbonyl (C=O) groups is 5. The maximum absolute atomic E-state index is 12.7. The number of carboxylic acid groups (broad SMARTS) is 3. The van der Waals surface area contributed by atoms with E-state index in [2.05, 4.69) is 5.32 Å². The number of rotatable bonds is 9. The molecule has 0 aromatic rings. The Bertz CT molecular complexity index is 886. The lowest BCUT2D eigenvalue weighted by molar-refractivity contribution is -0.192. The molecule has 17 heteroatoms. The molecule has 2 aliphatic heterocycles. The number of nitrogens with two attached hydrogens (primary N) is 1. The third-order valence-corrected chi connectivity index (χ3v) is 6.30. The predicted octanol–water partition coefficient (Wildman–Crippen LogP) is 0.153. The molecule has 0 saturated carbocycles. The number of carboxylic acids is 3. The van der Waals surface area contributed by atoms with Gasteiger partial charge in [-0.3, -0.25) is 19.3 Å². The molecule has 2 rings (SSSR count). The van der Waals surface area contributed by atoms with Gasteiger partial charge in [0.2, 0.25) is 5.91 Å². The van der Waals surface area contributed by atoms with Crippen molar-refractivity contribution in [2.45, 2.75) is 42.6 Å². The number of β-lactam (4-membered cyclic amide) rings is 1.